The summed E-state index contributed by atoms with van der Waals surface area (Å²) >= 11 is 0. The zero-order valence-electron chi connectivity index (χ0n) is 5.00. The first-order valence-electron chi connectivity index (χ1n) is 3.15. The zero-order chi connectivity index (χ0) is 6.65. The fraction of sp³-hybridized carbons (Fsp3) is 0.833. The maximum atomic E-state index is 10.6. The van der Waals surface area contributed by atoms with Crippen molar-refractivity contribution in [1.29, 1.82) is 0 Å². The molecule has 3 fully saturated rings. The molecule has 2 bridgehead atoms. The molecule has 1 amide bonds. The van der Waals surface area contributed by atoms with E-state index in [0.717, 1.165) is 12.8 Å². The number of carbonyl (C=O) groups is 1. The fourth-order valence-electron chi connectivity index (χ4n) is 1.82. The number of primary amides is 1. The number of rotatable bonds is 1. The molecule has 0 radical (unpaired) electrons. The van der Waals surface area contributed by atoms with Crippen LogP contribution >= 0.6 is 0 Å². The second-order valence-electron chi connectivity index (χ2n) is 3.13. The minimum absolute atomic E-state index is 0.322. The molecule has 0 heterocycles. The smallest absolute Gasteiger partial charge is 0.226 e. The number of aliphatic hydroxyl groups is 1. The molecule has 50 valence electrons. The monoisotopic (exact) mass is 127 g/mol. The van der Waals surface area contributed by atoms with Gasteiger partial charge in [0.25, 0.3) is 0 Å². The second kappa shape index (κ2) is 1.14. The molecule has 3 nitrogen and oxygen atoms in total. The van der Waals surface area contributed by atoms with E-state index >= 15 is 0 Å². The minimum atomic E-state index is -0.481. The molecule has 0 aromatic heterocycles. The summed E-state index contributed by atoms with van der Waals surface area (Å²) in [5.41, 5.74) is 4.58. The van der Waals surface area contributed by atoms with Gasteiger partial charge < -0.3 is 10.8 Å². The van der Waals surface area contributed by atoms with Crippen LogP contribution in [0.1, 0.15) is 12.8 Å². The van der Waals surface area contributed by atoms with Crippen molar-refractivity contribution >= 4 is 5.91 Å². The van der Waals surface area contributed by atoms with E-state index in [1.54, 1.807) is 0 Å². The number of nitrogens with two attached hydrogens (primary N) is 1. The van der Waals surface area contributed by atoms with Crippen LogP contribution in [0.2, 0.25) is 0 Å². The van der Waals surface area contributed by atoms with Crippen LogP contribution in [0.5, 0.6) is 0 Å². The van der Waals surface area contributed by atoms with Gasteiger partial charge in [-0.05, 0) is 18.8 Å². The summed E-state index contributed by atoms with van der Waals surface area (Å²) < 4.78 is 0. The van der Waals surface area contributed by atoms with Crippen LogP contribution in [0.3, 0.4) is 0 Å². The molecule has 0 aliphatic heterocycles. The van der Waals surface area contributed by atoms with Crippen molar-refractivity contribution in [3.63, 3.8) is 0 Å². The second-order valence-corrected chi connectivity index (χ2v) is 3.13. The first kappa shape index (κ1) is 5.23. The zero-order valence-corrected chi connectivity index (χ0v) is 5.00. The summed E-state index contributed by atoms with van der Waals surface area (Å²) in [6.07, 6.45) is 1.24. The molecule has 9 heavy (non-hydrogen) atoms. The van der Waals surface area contributed by atoms with Gasteiger partial charge in [0, 0.05) is 0 Å². The van der Waals surface area contributed by atoms with E-state index in [1.807, 2.05) is 0 Å². The van der Waals surface area contributed by atoms with Gasteiger partial charge in [-0.15, -0.1) is 0 Å². The Morgan fingerprint density at radius 2 is 2.22 bits per heavy atom. The van der Waals surface area contributed by atoms with Crippen LogP contribution in [0.25, 0.3) is 0 Å². The van der Waals surface area contributed by atoms with Crippen LogP contribution < -0.4 is 5.73 Å². The first-order chi connectivity index (χ1) is 4.17. The molecular formula is C6H9NO2. The predicted molar refractivity (Wildman–Crippen MR) is 30.4 cm³/mol. The Morgan fingerprint density at radius 3 is 2.22 bits per heavy atom. The first-order valence-corrected chi connectivity index (χ1v) is 3.15. The van der Waals surface area contributed by atoms with E-state index < -0.39 is 11.5 Å². The molecule has 1 atom stereocenters. The van der Waals surface area contributed by atoms with Gasteiger partial charge in [0.15, 0.2) is 0 Å². The maximum Gasteiger partial charge on any atom is 0.226 e. The quantitative estimate of drug-likeness (QED) is 0.486. The minimum Gasteiger partial charge on any atom is -0.392 e. The maximum absolute atomic E-state index is 10.6. The molecule has 3 N–H and O–H groups in total. The van der Waals surface area contributed by atoms with Gasteiger partial charge in [-0.2, -0.15) is 0 Å². The number of hydrogen-bond acceptors (Lipinski definition) is 2. The lowest BCUT2D eigenvalue weighted by Crippen LogP contribution is -2.70. The molecule has 3 saturated carbocycles. The fourth-order valence-corrected chi connectivity index (χ4v) is 1.82. The Balaban J connectivity index is 2.19. The molecule has 0 aromatic carbocycles. The van der Waals surface area contributed by atoms with Crippen molar-refractivity contribution in [3.05, 3.63) is 0 Å². The molecule has 3 aliphatic rings. The van der Waals surface area contributed by atoms with E-state index in [9.17, 15) is 4.79 Å². The Labute approximate surface area is 52.8 Å². The van der Waals surface area contributed by atoms with E-state index in [4.69, 9.17) is 10.8 Å². The number of aliphatic hydroxyl groups excluding tert-OH is 1. The molecule has 3 aliphatic carbocycles. The highest BCUT2D eigenvalue weighted by molar-refractivity contribution is 5.85. The molecule has 0 spiro atoms. The molecule has 3 heteroatoms. The molecule has 1 unspecified atom stereocenters. The van der Waals surface area contributed by atoms with Crippen LogP contribution in [-0.2, 0) is 4.79 Å². The van der Waals surface area contributed by atoms with Crippen molar-refractivity contribution in [3.8, 4) is 0 Å². The van der Waals surface area contributed by atoms with Crippen LogP contribution in [0, 0.1) is 11.3 Å². The third-order valence-electron chi connectivity index (χ3n) is 2.76. The summed E-state index contributed by atoms with van der Waals surface area (Å²) in [6.45, 7) is 0. The summed E-state index contributed by atoms with van der Waals surface area (Å²) in [5, 5.41) is 9.09. The highest BCUT2D eigenvalue weighted by Crippen LogP contribution is 2.63. The molecule has 3 rings (SSSR count). The normalized spacial score (nSPS) is 53.4. The lowest BCUT2D eigenvalue weighted by Gasteiger charge is -2.63. The van der Waals surface area contributed by atoms with Gasteiger partial charge in [0.05, 0.1) is 11.5 Å². The van der Waals surface area contributed by atoms with Crippen molar-refractivity contribution in [2.75, 3.05) is 0 Å². The number of hydrogen-bond donors (Lipinski definition) is 2. The molecule has 0 aromatic rings. The average molecular weight is 127 g/mol. The molecule has 0 saturated heterocycles. The third-order valence-corrected chi connectivity index (χ3v) is 2.76. The van der Waals surface area contributed by atoms with Crippen LogP contribution in [-0.4, -0.2) is 17.1 Å². The van der Waals surface area contributed by atoms with Crippen LogP contribution in [0.15, 0.2) is 0 Å². The molecular weight excluding hydrogens is 118 g/mol. The van der Waals surface area contributed by atoms with Gasteiger partial charge in [-0.25, -0.2) is 0 Å². The SMILES string of the molecule is NC(=O)C12CC(C1)C2O. The lowest BCUT2D eigenvalue weighted by atomic mass is 9.42. The third kappa shape index (κ3) is 0.339. The Bertz CT molecular complexity index is 172. The van der Waals surface area contributed by atoms with Gasteiger partial charge >= 0.3 is 0 Å². The van der Waals surface area contributed by atoms with Crippen LogP contribution in [0.4, 0.5) is 0 Å². The standard InChI is InChI=1S/C6H9NO2/c7-5(9)6-1-3(2-6)4(6)8/h3-4,8H,1-2H2,(H2,7,9). The topological polar surface area (TPSA) is 63.3 Å². The van der Waals surface area contributed by atoms with E-state index in [-0.39, 0.29) is 5.91 Å². The Morgan fingerprint density at radius 1 is 1.67 bits per heavy atom. The summed E-state index contributed by atoms with van der Waals surface area (Å²) in [5.74, 6) is 0.0648. The van der Waals surface area contributed by atoms with E-state index in [2.05, 4.69) is 0 Å². The van der Waals surface area contributed by atoms with E-state index in [0.29, 0.717) is 5.92 Å². The van der Waals surface area contributed by atoms with Crippen molar-refractivity contribution in [1.82, 2.24) is 0 Å². The van der Waals surface area contributed by atoms with Gasteiger partial charge in [-0.1, -0.05) is 0 Å². The Kier molecular flexibility index (Phi) is 0.662. The summed E-state index contributed by atoms with van der Waals surface area (Å²) in [7, 11) is 0. The highest BCUT2D eigenvalue weighted by atomic mass is 16.3. The van der Waals surface area contributed by atoms with Gasteiger partial charge in [0.2, 0.25) is 5.91 Å². The number of carbonyl (C=O) groups excluding carboxylic acids is 1. The van der Waals surface area contributed by atoms with Crippen molar-refractivity contribution < 1.29 is 9.90 Å². The largest absolute Gasteiger partial charge is 0.392 e. The highest BCUT2D eigenvalue weighted by Gasteiger charge is 2.68. The lowest BCUT2D eigenvalue weighted by molar-refractivity contribution is -0.228. The van der Waals surface area contributed by atoms with Crippen molar-refractivity contribution in [2.24, 2.45) is 17.1 Å². The van der Waals surface area contributed by atoms with Gasteiger partial charge in [-0.3, -0.25) is 4.79 Å². The average Bonchev–Trinajstić information content (AvgIpc) is 1.60. The Hall–Kier alpha value is -0.570. The van der Waals surface area contributed by atoms with E-state index in [1.165, 1.54) is 0 Å². The summed E-state index contributed by atoms with van der Waals surface area (Å²) in [4.78, 5) is 10.6. The van der Waals surface area contributed by atoms with Crippen molar-refractivity contribution in [2.45, 2.75) is 18.9 Å². The summed E-state index contributed by atoms with van der Waals surface area (Å²) in [6, 6.07) is 0. The van der Waals surface area contributed by atoms with Gasteiger partial charge in [0.1, 0.15) is 0 Å². The number of amides is 1. The predicted octanol–water partition coefficient (Wildman–Crippen LogP) is -0.757.